The molecule has 90 valence electrons. The average Bonchev–Trinajstić information content (AvgIpc) is 2.27. The van der Waals surface area contributed by atoms with Gasteiger partial charge in [-0.15, -0.1) is 0 Å². The van der Waals surface area contributed by atoms with E-state index in [2.05, 4.69) is 4.74 Å². The topological polar surface area (TPSA) is 72.8 Å². The maximum absolute atomic E-state index is 10.8. The molecule has 5 nitrogen and oxygen atoms in total. The maximum Gasteiger partial charge on any atom is 0.371 e. The molecule has 0 radical (unpaired) electrons. The smallest absolute Gasteiger partial charge is 0.371 e. The van der Waals surface area contributed by atoms with Gasteiger partial charge in [-0.25, -0.2) is 4.79 Å². The van der Waals surface area contributed by atoms with Crippen molar-refractivity contribution in [1.29, 1.82) is 0 Å². The van der Waals surface area contributed by atoms with Crippen LogP contribution in [0.4, 0.5) is 0 Å². The Morgan fingerprint density at radius 1 is 1.35 bits per heavy atom. The van der Waals surface area contributed by atoms with Gasteiger partial charge in [0.05, 0.1) is 7.11 Å². The number of aliphatic carboxylic acids is 1. The molecule has 1 rings (SSSR count). The highest BCUT2D eigenvalue weighted by Crippen LogP contribution is 2.15. The summed E-state index contributed by atoms with van der Waals surface area (Å²) in [5, 5.41) is 8.83. The van der Waals surface area contributed by atoms with Crippen LogP contribution in [-0.4, -0.2) is 24.2 Å². The summed E-state index contributed by atoms with van der Waals surface area (Å²) >= 11 is 0. The molecular formula is C12H12O5. The molecule has 0 aromatic heterocycles. The second kappa shape index (κ2) is 5.69. The number of ether oxygens (including phenoxy) is 2. The predicted molar refractivity (Wildman–Crippen MR) is 60.4 cm³/mol. The van der Waals surface area contributed by atoms with E-state index in [-0.39, 0.29) is 0 Å². The highest BCUT2D eigenvalue weighted by Gasteiger charge is 2.11. The third kappa shape index (κ3) is 3.98. The Labute approximate surface area is 98.3 Å². The van der Waals surface area contributed by atoms with Crippen molar-refractivity contribution in [2.24, 2.45) is 0 Å². The number of carbonyl (C=O) groups excluding carboxylic acids is 1. The first kappa shape index (κ1) is 12.8. The van der Waals surface area contributed by atoms with E-state index in [1.165, 1.54) is 13.2 Å². The van der Waals surface area contributed by atoms with Gasteiger partial charge in [0.1, 0.15) is 5.75 Å². The lowest BCUT2D eigenvalue weighted by Gasteiger charge is -2.03. The van der Waals surface area contributed by atoms with Crippen LogP contribution in [0.15, 0.2) is 30.0 Å². The minimum Gasteiger partial charge on any atom is -0.497 e. The van der Waals surface area contributed by atoms with Crippen LogP contribution >= 0.6 is 0 Å². The fraction of sp³-hybridized carbons (Fsp3) is 0.167. The van der Waals surface area contributed by atoms with Crippen molar-refractivity contribution in [3.63, 3.8) is 0 Å². The van der Waals surface area contributed by atoms with Gasteiger partial charge in [-0.3, -0.25) is 4.79 Å². The first-order valence-electron chi connectivity index (χ1n) is 4.80. The van der Waals surface area contributed by atoms with Crippen LogP contribution in [0, 0.1) is 0 Å². The summed E-state index contributed by atoms with van der Waals surface area (Å²) in [4.78, 5) is 21.5. The predicted octanol–water partition coefficient (Wildman–Crippen LogP) is 1.68. The van der Waals surface area contributed by atoms with Crippen LogP contribution in [0.5, 0.6) is 5.75 Å². The molecule has 1 N–H and O–H groups in total. The van der Waals surface area contributed by atoms with E-state index in [1.54, 1.807) is 24.3 Å². The van der Waals surface area contributed by atoms with E-state index < -0.39 is 17.7 Å². The van der Waals surface area contributed by atoms with Gasteiger partial charge in [-0.1, -0.05) is 12.1 Å². The fourth-order valence-electron chi connectivity index (χ4n) is 1.17. The van der Waals surface area contributed by atoms with Crippen molar-refractivity contribution in [3.05, 3.63) is 35.6 Å². The Morgan fingerprint density at radius 2 is 2.06 bits per heavy atom. The van der Waals surface area contributed by atoms with Crippen molar-refractivity contribution < 1.29 is 24.2 Å². The molecule has 0 aliphatic rings. The average molecular weight is 236 g/mol. The van der Waals surface area contributed by atoms with Crippen LogP contribution in [0.2, 0.25) is 0 Å². The number of carboxylic acids is 1. The van der Waals surface area contributed by atoms with Gasteiger partial charge in [0.2, 0.25) is 5.76 Å². The summed E-state index contributed by atoms with van der Waals surface area (Å²) in [6, 6.07) is 6.74. The molecule has 0 aliphatic carbocycles. The molecule has 5 heteroatoms. The molecule has 0 spiro atoms. The molecular weight excluding hydrogens is 224 g/mol. The van der Waals surface area contributed by atoms with Crippen LogP contribution in [-0.2, 0) is 14.3 Å². The number of rotatable bonds is 4. The summed E-state index contributed by atoms with van der Waals surface area (Å²) < 4.78 is 9.56. The van der Waals surface area contributed by atoms with Crippen molar-refractivity contribution in [3.8, 4) is 5.75 Å². The Kier molecular flexibility index (Phi) is 4.28. The monoisotopic (exact) mass is 236 g/mol. The van der Waals surface area contributed by atoms with Gasteiger partial charge in [0, 0.05) is 6.92 Å². The Morgan fingerprint density at radius 3 is 2.59 bits per heavy atom. The number of benzene rings is 1. The summed E-state index contributed by atoms with van der Waals surface area (Å²) in [6.07, 6.45) is 1.26. The zero-order valence-corrected chi connectivity index (χ0v) is 9.47. The number of hydrogen-bond donors (Lipinski definition) is 1. The normalized spacial score (nSPS) is 10.8. The van der Waals surface area contributed by atoms with Crippen LogP contribution < -0.4 is 4.74 Å². The summed E-state index contributed by atoms with van der Waals surface area (Å²) in [6.45, 7) is 1.14. The molecule has 0 unspecified atom stereocenters. The van der Waals surface area contributed by atoms with Crippen LogP contribution in [0.25, 0.3) is 6.08 Å². The second-order valence-electron chi connectivity index (χ2n) is 3.18. The van der Waals surface area contributed by atoms with E-state index in [0.717, 1.165) is 6.92 Å². The van der Waals surface area contributed by atoms with Crippen molar-refractivity contribution >= 4 is 18.0 Å². The minimum atomic E-state index is -1.30. The molecule has 0 heterocycles. The molecule has 17 heavy (non-hydrogen) atoms. The third-order valence-corrected chi connectivity index (χ3v) is 1.86. The summed E-state index contributed by atoms with van der Waals surface area (Å²) in [5.74, 6) is -1.82. The van der Waals surface area contributed by atoms with Crippen LogP contribution in [0.3, 0.4) is 0 Å². The zero-order valence-electron chi connectivity index (χ0n) is 9.47. The Balaban J connectivity index is 3.03. The summed E-state index contributed by atoms with van der Waals surface area (Å²) in [5.41, 5.74) is 0.572. The SMILES string of the molecule is COc1cccc(C=C(OC(C)=O)C(=O)O)c1. The van der Waals surface area contributed by atoms with Crippen molar-refractivity contribution in [2.75, 3.05) is 7.11 Å². The van der Waals surface area contributed by atoms with E-state index in [1.807, 2.05) is 0 Å². The first-order valence-corrected chi connectivity index (χ1v) is 4.80. The molecule has 0 saturated heterocycles. The maximum atomic E-state index is 10.8. The van der Waals surface area contributed by atoms with E-state index >= 15 is 0 Å². The molecule has 0 bridgehead atoms. The Bertz CT molecular complexity index is 462. The number of carbonyl (C=O) groups is 2. The molecule has 0 aliphatic heterocycles. The molecule has 0 fully saturated rings. The van der Waals surface area contributed by atoms with Crippen LogP contribution in [0.1, 0.15) is 12.5 Å². The van der Waals surface area contributed by atoms with Crippen molar-refractivity contribution in [2.45, 2.75) is 6.92 Å². The molecule has 0 saturated carbocycles. The minimum absolute atomic E-state index is 0.425. The van der Waals surface area contributed by atoms with Gasteiger partial charge in [0.25, 0.3) is 0 Å². The highest BCUT2D eigenvalue weighted by atomic mass is 16.6. The van der Waals surface area contributed by atoms with Gasteiger partial charge in [-0.2, -0.15) is 0 Å². The number of esters is 1. The molecule has 1 aromatic carbocycles. The lowest BCUT2D eigenvalue weighted by atomic mass is 10.2. The van der Waals surface area contributed by atoms with Gasteiger partial charge < -0.3 is 14.6 Å². The second-order valence-corrected chi connectivity index (χ2v) is 3.18. The zero-order chi connectivity index (χ0) is 12.8. The number of hydrogen-bond acceptors (Lipinski definition) is 4. The van der Waals surface area contributed by atoms with Crippen molar-refractivity contribution in [1.82, 2.24) is 0 Å². The quantitative estimate of drug-likeness (QED) is 0.489. The van der Waals surface area contributed by atoms with Gasteiger partial charge >= 0.3 is 11.9 Å². The highest BCUT2D eigenvalue weighted by molar-refractivity contribution is 5.92. The molecule has 1 aromatic rings. The van der Waals surface area contributed by atoms with Gasteiger partial charge in [0.15, 0.2) is 0 Å². The lowest BCUT2D eigenvalue weighted by molar-refractivity contribution is -0.146. The van der Waals surface area contributed by atoms with Gasteiger partial charge in [-0.05, 0) is 23.8 Å². The van der Waals surface area contributed by atoms with E-state index in [9.17, 15) is 9.59 Å². The lowest BCUT2D eigenvalue weighted by Crippen LogP contribution is -2.08. The summed E-state index contributed by atoms with van der Waals surface area (Å²) in [7, 11) is 1.51. The largest absolute Gasteiger partial charge is 0.497 e. The number of methoxy groups -OCH3 is 1. The number of carboxylic acid groups (broad SMARTS) is 1. The fourth-order valence-corrected chi connectivity index (χ4v) is 1.17. The molecule has 0 amide bonds. The Hall–Kier alpha value is -2.30. The van der Waals surface area contributed by atoms with E-state index in [4.69, 9.17) is 9.84 Å². The molecule has 0 atom stereocenters. The third-order valence-electron chi connectivity index (χ3n) is 1.86. The standard InChI is InChI=1S/C12H12O5/c1-8(13)17-11(12(14)15)7-9-4-3-5-10(6-9)16-2/h3-7H,1-2H3,(H,14,15). The first-order chi connectivity index (χ1) is 8.02. The van der Waals surface area contributed by atoms with E-state index in [0.29, 0.717) is 11.3 Å².